The molecule has 1 N–H and O–H groups in total. The number of nitrogens with one attached hydrogen (secondary N) is 1. The zero-order chi connectivity index (χ0) is 23.0. The summed E-state index contributed by atoms with van der Waals surface area (Å²) in [5, 5.41) is 0. The van der Waals surface area contributed by atoms with Gasteiger partial charge in [0.2, 0.25) is 0 Å². The Labute approximate surface area is 189 Å². The number of nitrogens with zero attached hydrogens (tertiary/aromatic N) is 3. The minimum atomic E-state index is -4.40. The molecule has 0 saturated carbocycles. The summed E-state index contributed by atoms with van der Waals surface area (Å²) in [7, 11) is 0. The number of aromatic nitrogens is 2. The highest BCUT2D eigenvalue weighted by atomic mass is 19.4. The zero-order valence-electron chi connectivity index (χ0n) is 18.2. The maximum absolute atomic E-state index is 12.8. The molecule has 0 aliphatic carbocycles. The van der Waals surface area contributed by atoms with Gasteiger partial charge < -0.3 is 9.88 Å². The Hall–Kier alpha value is -3.13. The van der Waals surface area contributed by atoms with Crippen molar-refractivity contribution in [2.45, 2.75) is 38.5 Å². The first kappa shape index (κ1) is 21.7. The number of anilines is 1. The average Bonchev–Trinajstić information content (AvgIpc) is 3.34. The molecule has 33 heavy (non-hydrogen) atoms. The fraction of sp³-hybridized carbons (Fsp3) is 0.360. The Bertz CT molecular complexity index is 1180. The van der Waals surface area contributed by atoms with Crippen LogP contribution >= 0.6 is 0 Å². The molecule has 0 unspecified atom stereocenters. The Morgan fingerprint density at radius 3 is 2.30 bits per heavy atom. The van der Waals surface area contributed by atoms with Gasteiger partial charge in [-0.3, -0.25) is 9.69 Å². The van der Waals surface area contributed by atoms with Crippen molar-refractivity contribution in [1.82, 2.24) is 14.9 Å². The molecule has 1 aromatic heterocycles. The van der Waals surface area contributed by atoms with Crippen LogP contribution in [0.25, 0.3) is 11.4 Å². The summed E-state index contributed by atoms with van der Waals surface area (Å²) in [5.41, 5.74) is 3.31. The van der Waals surface area contributed by atoms with Crippen molar-refractivity contribution >= 4 is 5.69 Å². The van der Waals surface area contributed by atoms with E-state index in [1.54, 1.807) is 0 Å². The lowest BCUT2D eigenvalue weighted by atomic mass is 10.0. The number of hydrogen-bond acceptors (Lipinski definition) is 4. The van der Waals surface area contributed by atoms with Crippen molar-refractivity contribution in [3.8, 4) is 11.4 Å². The predicted molar refractivity (Wildman–Crippen MR) is 121 cm³/mol. The van der Waals surface area contributed by atoms with Crippen molar-refractivity contribution in [3.63, 3.8) is 0 Å². The molecular weight excluding hydrogens is 429 g/mol. The molecule has 1 fully saturated rings. The van der Waals surface area contributed by atoms with Gasteiger partial charge in [0.15, 0.2) is 0 Å². The van der Waals surface area contributed by atoms with E-state index in [1.165, 1.54) is 36.2 Å². The van der Waals surface area contributed by atoms with Gasteiger partial charge in [-0.05, 0) is 42.7 Å². The van der Waals surface area contributed by atoms with Crippen LogP contribution in [0.3, 0.4) is 0 Å². The normalized spacial score (nSPS) is 16.8. The second-order valence-corrected chi connectivity index (χ2v) is 8.74. The Morgan fingerprint density at radius 2 is 1.64 bits per heavy atom. The molecule has 5 nitrogen and oxygen atoms in total. The molecule has 1 saturated heterocycles. The van der Waals surface area contributed by atoms with Gasteiger partial charge in [0.25, 0.3) is 5.56 Å². The molecule has 0 radical (unpaired) electrons. The first-order valence-corrected chi connectivity index (χ1v) is 11.2. The van der Waals surface area contributed by atoms with Crippen LogP contribution in [0.5, 0.6) is 0 Å². The van der Waals surface area contributed by atoms with Gasteiger partial charge in [-0.15, -0.1) is 0 Å². The summed E-state index contributed by atoms with van der Waals surface area (Å²) < 4.78 is 38.4. The molecule has 0 spiro atoms. The second-order valence-electron chi connectivity index (χ2n) is 8.74. The van der Waals surface area contributed by atoms with E-state index in [4.69, 9.17) is 0 Å². The Morgan fingerprint density at radius 1 is 0.939 bits per heavy atom. The fourth-order valence-corrected chi connectivity index (χ4v) is 4.62. The third-order valence-corrected chi connectivity index (χ3v) is 6.45. The molecule has 3 aromatic rings. The predicted octanol–water partition coefficient (Wildman–Crippen LogP) is 4.61. The summed E-state index contributed by atoms with van der Waals surface area (Å²) in [4.78, 5) is 24.7. The topological polar surface area (TPSA) is 52.2 Å². The summed E-state index contributed by atoms with van der Waals surface area (Å²) in [6, 6.07) is 13.3. The largest absolute Gasteiger partial charge is 0.416 e. The zero-order valence-corrected chi connectivity index (χ0v) is 18.2. The van der Waals surface area contributed by atoms with Gasteiger partial charge >= 0.3 is 6.18 Å². The third-order valence-electron chi connectivity index (χ3n) is 6.45. The number of aromatic amines is 1. The molecule has 172 valence electrons. The van der Waals surface area contributed by atoms with E-state index >= 15 is 0 Å². The van der Waals surface area contributed by atoms with Gasteiger partial charge in [0, 0.05) is 50.4 Å². The Balaban J connectivity index is 1.29. The van der Waals surface area contributed by atoms with E-state index in [1.807, 2.05) is 0 Å². The minimum absolute atomic E-state index is 0.232. The van der Waals surface area contributed by atoms with Crippen molar-refractivity contribution < 1.29 is 13.2 Å². The number of benzene rings is 2. The molecule has 0 amide bonds. The minimum Gasteiger partial charge on any atom is -0.372 e. The van der Waals surface area contributed by atoms with E-state index in [2.05, 4.69) is 44.0 Å². The third kappa shape index (κ3) is 4.66. The van der Waals surface area contributed by atoms with Gasteiger partial charge in [0.05, 0.1) is 16.8 Å². The van der Waals surface area contributed by atoms with E-state index in [-0.39, 0.29) is 5.56 Å². The quantitative estimate of drug-likeness (QED) is 0.626. The maximum atomic E-state index is 12.8. The number of fused-ring (bicyclic) bond motifs is 1. The molecule has 0 bridgehead atoms. The average molecular weight is 454 g/mol. The number of rotatable bonds is 4. The van der Waals surface area contributed by atoms with Gasteiger partial charge in [0.1, 0.15) is 5.82 Å². The van der Waals surface area contributed by atoms with Gasteiger partial charge in [-0.25, -0.2) is 4.98 Å². The Kier molecular flexibility index (Phi) is 5.70. The highest BCUT2D eigenvalue weighted by Gasteiger charge is 2.30. The summed E-state index contributed by atoms with van der Waals surface area (Å²) in [6.45, 7) is 4.25. The summed E-state index contributed by atoms with van der Waals surface area (Å²) in [5.74, 6) is 0.304. The van der Waals surface area contributed by atoms with Gasteiger partial charge in [-0.1, -0.05) is 24.3 Å². The van der Waals surface area contributed by atoms with Crippen molar-refractivity contribution in [1.29, 1.82) is 0 Å². The van der Waals surface area contributed by atoms with Crippen LogP contribution < -0.4 is 10.5 Å². The van der Waals surface area contributed by atoms with Gasteiger partial charge in [-0.2, -0.15) is 13.2 Å². The van der Waals surface area contributed by atoms with Crippen LogP contribution in [0, 0.1) is 0 Å². The lowest BCUT2D eigenvalue weighted by Gasteiger charge is -2.28. The van der Waals surface area contributed by atoms with Crippen LogP contribution in [0.2, 0.25) is 0 Å². The number of hydrogen-bond donors (Lipinski definition) is 1. The van der Waals surface area contributed by atoms with Crippen molar-refractivity contribution in [3.05, 3.63) is 81.3 Å². The van der Waals surface area contributed by atoms with Crippen LogP contribution in [0.15, 0.2) is 53.3 Å². The number of halogens is 3. The van der Waals surface area contributed by atoms with E-state index in [9.17, 15) is 18.0 Å². The first-order valence-electron chi connectivity index (χ1n) is 11.2. The number of alkyl halides is 3. The highest BCUT2D eigenvalue weighted by Crippen LogP contribution is 2.30. The van der Waals surface area contributed by atoms with Crippen LogP contribution in [0.4, 0.5) is 18.9 Å². The van der Waals surface area contributed by atoms with E-state index in [0.29, 0.717) is 35.6 Å². The molecule has 2 aliphatic heterocycles. The molecule has 3 heterocycles. The lowest BCUT2D eigenvalue weighted by Crippen LogP contribution is -2.35. The van der Waals surface area contributed by atoms with E-state index < -0.39 is 11.7 Å². The maximum Gasteiger partial charge on any atom is 0.416 e. The van der Waals surface area contributed by atoms with Crippen LogP contribution in [0.1, 0.15) is 35.2 Å². The highest BCUT2D eigenvalue weighted by molar-refractivity contribution is 5.56. The summed E-state index contributed by atoms with van der Waals surface area (Å²) in [6.07, 6.45) is -1.28. The van der Waals surface area contributed by atoms with Crippen LogP contribution in [-0.2, 0) is 25.7 Å². The smallest absolute Gasteiger partial charge is 0.372 e. The molecule has 2 aromatic carbocycles. The first-order chi connectivity index (χ1) is 15.9. The molecule has 5 rings (SSSR count). The monoisotopic (exact) mass is 454 g/mol. The fourth-order valence-electron chi connectivity index (χ4n) is 4.62. The lowest BCUT2D eigenvalue weighted by molar-refractivity contribution is -0.137. The molecule has 2 aliphatic rings. The molecule has 0 atom stereocenters. The van der Waals surface area contributed by atoms with Crippen molar-refractivity contribution in [2.24, 2.45) is 0 Å². The van der Waals surface area contributed by atoms with Crippen molar-refractivity contribution in [2.75, 3.05) is 24.5 Å². The SMILES string of the molecule is O=c1[nH]c(-c2ccc(C(F)(F)F)cc2)nc2c1CN(Cc1ccc(N3CCCC3)cc1)CC2. The molecular formula is C25H25F3N4O. The standard InChI is InChI=1S/C25H25F3N4O/c26-25(27,28)19-7-5-18(6-8-19)23-29-22-11-14-31(16-21(22)24(33)30-23)15-17-3-9-20(10-4-17)32-12-1-2-13-32/h3-10H,1-2,11-16H2,(H,29,30,33). The van der Waals surface area contributed by atoms with E-state index in [0.717, 1.165) is 38.3 Å². The number of H-pyrrole nitrogens is 1. The molecule has 8 heteroatoms. The van der Waals surface area contributed by atoms with Crippen LogP contribution in [-0.4, -0.2) is 34.5 Å². The second kappa shape index (κ2) is 8.67. The summed E-state index contributed by atoms with van der Waals surface area (Å²) >= 11 is 0.